The van der Waals surface area contributed by atoms with E-state index in [1.54, 1.807) is 0 Å². The molecule has 0 radical (unpaired) electrons. The van der Waals surface area contributed by atoms with Gasteiger partial charge in [0.15, 0.2) is 11.5 Å². The Morgan fingerprint density at radius 2 is 1.90 bits per heavy atom. The Labute approximate surface area is 128 Å². The Bertz CT molecular complexity index is 564. The maximum Gasteiger partial charge on any atom is 0.253 e. The summed E-state index contributed by atoms with van der Waals surface area (Å²) in [4.78, 5) is 14.6. The van der Waals surface area contributed by atoms with E-state index in [2.05, 4.69) is 17.3 Å². The number of phenols is 2. The van der Waals surface area contributed by atoms with Crippen LogP contribution in [0.5, 0.6) is 11.5 Å². The minimum atomic E-state index is -0.450. The molecule has 1 aromatic rings. The SMILES string of the molecule is CN1C[C@H]2CC(NC(=O)c3ccc(O)c(O)c3Cl)C[C@H]2C1. The van der Waals surface area contributed by atoms with Gasteiger partial charge in [-0.1, -0.05) is 11.6 Å². The third-order valence-electron chi connectivity index (χ3n) is 4.61. The fourth-order valence-corrected chi connectivity index (χ4v) is 3.89. The molecule has 0 spiro atoms. The minimum absolute atomic E-state index is 0.106. The Morgan fingerprint density at radius 3 is 2.52 bits per heavy atom. The van der Waals surface area contributed by atoms with E-state index < -0.39 is 5.75 Å². The molecule has 1 saturated heterocycles. The summed E-state index contributed by atoms with van der Waals surface area (Å²) in [6, 6.07) is 2.86. The van der Waals surface area contributed by atoms with Crippen molar-refractivity contribution in [1.29, 1.82) is 0 Å². The van der Waals surface area contributed by atoms with Gasteiger partial charge in [-0.2, -0.15) is 0 Å². The lowest BCUT2D eigenvalue weighted by Gasteiger charge is -2.17. The summed E-state index contributed by atoms with van der Waals surface area (Å²) in [5.41, 5.74) is 0.196. The first-order chi connectivity index (χ1) is 9.95. The van der Waals surface area contributed by atoms with Crippen molar-refractivity contribution < 1.29 is 15.0 Å². The molecule has 3 N–H and O–H groups in total. The molecule has 1 aliphatic carbocycles. The van der Waals surface area contributed by atoms with Crippen LogP contribution < -0.4 is 5.32 Å². The number of likely N-dealkylation sites (tertiary alicyclic amines) is 1. The zero-order valence-electron chi connectivity index (χ0n) is 11.8. The molecule has 1 amide bonds. The van der Waals surface area contributed by atoms with Gasteiger partial charge >= 0.3 is 0 Å². The lowest BCUT2D eigenvalue weighted by atomic mass is 10.0. The van der Waals surface area contributed by atoms with E-state index in [1.807, 2.05) is 0 Å². The number of nitrogens with zero attached hydrogens (tertiary/aromatic N) is 1. The first kappa shape index (κ1) is 14.5. The summed E-state index contributed by atoms with van der Waals surface area (Å²) >= 11 is 5.92. The fraction of sp³-hybridized carbons (Fsp3) is 0.533. The number of hydrogen-bond acceptors (Lipinski definition) is 4. The number of aromatic hydroxyl groups is 2. The normalized spacial score (nSPS) is 28.6. The highest BCUT2D eigenvalue weighted by Gasteiger charge is 2.40. The Kier molecular flexibility index (Phi) is 3.71. The molecule has 6 heteroatoms. The van der Waals surface area contributed by atoms with E-state index in [0.717, 1.165) is 25.9 Å². The van der Waals surface area contributed by atoms with Crippen molar-refractivity contribution in [3.63, 3.8) is 0 Å². The van der Waals surface area contributed by atoms with Crippen LogP contribution in [0.25, 0.3) is 0 Å². The molecule has 2 aliphatic rings. The number of benzene rings is 1. The van der Waals surface area contributed by atoms with Gasteiger partial charge in [-0.25, -0.2) is 0 Å². The topological polar surface area (TPSA) is 72.8 Å². The van der Waals surface area contributed by atoms with Crippen molar-refractivity contribution in [1.82, 2.24) is 10.2 Å². The molecular formula is C15H19ClN2O3. The number of fused-ring (bicyclic) bond motifs is 1. The number of hydrogen-bond donors (Lipinski definition) is 3. The minimum Gasteiger partial charge on any atom is -0.504 e. The summed E-state index contributed by atoms with van der Waals surface area (Å²) in [7, 11) is 2.13. The number of rotatable bonds is 2. The van der Waals surface area contributed by atoms with Crippen LogP contribution in [-0.2, 0) is 0 Å². The van der Waals surface area contributed by atoms with Crippen LogP contribution in [0.4, 0.5) is 0 Å². The van der Waals surface area contributed by atoms with E-state index in [1.165, 1.54) is 12.1 Å². The van der Waals surface area contributed by atoms with Crippen LogP contribution in [0, 0.1) is 11.8 Å². The Hall–Kier alpha value is -1.46. The van der Waals surface area contributed by atoms with Crippen LogP contribution in [-0.4, -0.2) is 47.2 Å². The van der Waals surface area contributed by atoms with E-state index in [0.29, 0.717) is 11.8 Å². The lowest BCUT2D eigenvalue weighted by Crippen LogP contribution is -2.34. The third kappa shape index (κ3) is 2.68. The average molecular weight is 311 g/mol. The highest BCUT2D eigenvalue weighted by Crippen LogP contribution is 2.38. The highest BCUT2D eigenvalue weighted by atomic mass is 35.5. The molecule has 0 aromatic heterocycles. The van der Waals surface area contributed by atoms with Crippen molar-refractivity contribution in [2.75, 3.05) is 20.1 Å². The van der Waals surface area contributed by atoms with Crippen LogP contribution in [0.15, 0.2) is 12.1 Å². The molecule has 1 saturated carbocycles. The van der Waals surface area contributed by atoms with Crippen LogP contribution in [0.2, 0.25) is 5.02 Å². The van der Waals surface area contributed by atoms with Gasteiger partial charge in [0.25, 0.3) is 5.91 Å². The van der Waals surface area contributed by atoms with Gasteiger partial charge in [-0.05, 0) is 43.9 Å². The second-order valence-corrected chi connectivity index (χ2v) is 6.56. The third-order valence-corrected chi connectivity index (χ3v) is 4.99. The van der Waals surface area contributed by atoms with Gasteiger partial charge < -0.3 is 20.4 Å². The number of carbonyl (C=O) groups excluding carboxylic acids is 1. The van der Waals surface area contributed by atoms with Crippen LogP contribution in [0.1, 0.15) is 23.2 Å². The zero-order chi connectivity index (χ0) is 15.1. The summed E-state index contributed by atoms with van der Waals surface area (Å²) < 4.78 is 0. The molecule has 1 unspecified atom stereocenters. The van der Waals surface area contributed by atoms with Gasteiger partial charge in [0, 0.05) is 19.1 Å². The highest BCUT2D eigenvalue weighted by molar-refractivity contribution is 6.35. The summed E-state index contributed by atoms with van der Waals surface area (Å²) in [6.45, 7) is 2.19. The first-order valence-electron chi connectivity index (χ1n) is 7.15. The van der Waals surface area contributed by atoms with E-state index in [4.69, 9.17) is 11.6 Å². The van der Waals surface area contributed by atoms with Crippen molar-refractivity contribution in [3.8, 4) is 11.5 Å². The zero-order valence-corrected chi connectivity index (χ0v) is 12.6. The van der Waals surface area contributed by atoms with Gasteiger partial charge in [0.05, 0.1) is 10.6 Å². The molecule has 21 heavy (non-hydrogen) atoms. The number of carbonyl (C=O) groups is 1. The number of phenolic OH excluding ortho intramolecular Hbond substituents is 2. The number of amides is 1. The van der Waals surface area contributed by atoms with Crippen LogP contribution in [0.3, 0.4) is 0 Å². The monoisotopic (exact) mass is 310 g/mol. The summed E-state index contributed by atoms with van der Waals surface area (Å²) in [5, 5.41) is 21.8. The van der Waals surface area contributed by atoms with E-state index in [9.17, 15) is 15.0 Å². The van der Waals surface area contributed by atoms with Crippen LogP contribution >= 0.6 is 11.6 Å². The lowest BCUT2D eigenvalue weighted by molar-refractivity contribution is 0.0935. The van der Waals surface area contributed by atoms with E-state index >= 15 is 0 Å². The second-order valence-electron chi connectivity index (χ2n) is 6.18. The second kappa shape index (κ2) is 5.39. The maximum atomic E-state index is 12.3. The van der Waals surface area contributed by atoms with Gasteiger partial charge in [0.1, 0.15) is 0 Å². The molecule has 1 aromatic carbocycles. The predicted octanol–water partition coefficient (Wildman–Crippen LogP) is 1.82. The molecule has 0 bridgehead atoms. The van der Waals surface area contributed by atoms with Crippen molar-refractivity contribution in [3.05, 3.63) is 22.7 Å². The number of nitrogens with one attached hydrogen (secondary N) is 1. The smallest absolute Gasteiger partial charge is 0.253 e. The molecule has 3 rings (SSSR count). The summed E-state index contributed by atoms with van der Waals surface area (Å²) in [6.07, 6.45) is 1.98. The first-order valence-corrected chi connectivity index (χ1v) is 7.53. The van der Waals surface area contributed by atoms with Crippen molar-refractivity contribution >= 4 is 17.5 Å². The molecule has 3 atom stereocenters. The largest absolute Gasteiger partial charge is 0.504 e. The Balaban J connectivity index is 1.67. The quantitative estimate of drug-likeness (QED) is 0.729. The molecule has 2 fully saturated rings. The standard InChI is InChI=1S/C15H19ClN2O3/c1-18-6-8-4-10(5-9(8)7-18)17-15(21)11-2-3-12(19)14(20)13(11)16/h2-3,8-10,19-20H,4-7H2,1H3,(H,17,21)/t8-,9+,10?. The van der Waals surface area contributed by atoms with Gasteiger partial charge in [-0.15, -0.1) is 0 Å². The predicted molar refractivity (Wildman–Crippen MR) is 79.7 cm³/mol. The Morgan fingerprint density at radius 1 is 1.29 bits per heavy atom. The fourth-order valence-electron chi connectivity index (χ4n) is 3.65. The summed E-state index contributed by atoms with van der Waals surface area (Å²) in [5.74, 6) is 0.242. The van der Waals surface area contributed by atoms with Crippen molar-refractivity contribution in [2.45, 2.75) is 18.9 Å². The molecular weight excluding hydrogens is 292 g/mol. The maximum absolute atomic E-state index is 12.3. The molecule has 1 heterocycles. The van der Waals surface area contributed by atoms with Crippen molar-refractivity contribution in [2.24, 2.45) is 11.8 Å². The number of halogens is 1. The molecule has 5 nitrogen and oxygen atoms in total. The average Bonchev–Trinajstić information content (AvgIpc) is 2.92. The van der Waals surface area contributed by atoms with E-state index in [-0.39, 0.29) is 28.3 Å². The van der Waals surface area contributed by atoms with Gasteiger partial charge in [0.2, 0.25) is 0 Å². The molecule has 1 aliphatic heterocycles. The van der Waals surface area contributed by atoms with Gasteiger partial charge in [-0.3, -0.25) is 4.79 Å². The molecule has 114 valence electrons.